The fourth-order valence-corrected chi connectivity index (χ4v) is 15.8. The molecule has 0 spiro atoms. The van der Waals surface area contributed by atoms with Crippen LogP contribution in [-0.2, 0) is 0 Å². The fourth-order valence-electron chi connectivity index (χ4n) is 14.6. The van der Waals surface area contributed by atoms with Crippen LogP contribution in [0.1, 0.15) is 0 Å². The zero-order valence-corrected chi connectivity index (χ0v) is 52.0. The van der Waals surface area contributed by atoms with E-state index in [4.69, 9.17) is 24.9 Å². The van der Waals surface area contributed by atoms with Crippen LogP contribution in [0.5, 0.6) is 0 Å². The van der Waals surface area contributed by atoms with Gasteiger partial charge in [0.05, 0.1) is 28.1 Å². The summed E-state index contributed by atoms with van der Waals surface area (Å²) in [5.41, 5.74) is 22.9. The lowest BCUT2D eigenvalue weighted by Crippen LogP contribution is -2.61. The zero-order chi connectivity index (χ0) is 62.5. The number of para-hydroxylation sites is 5. The number of fused-ring (bicyclic) bond motifs is 11. The number of aromatic nitrogens is 6. The Kier molecular flexibility index (Phi) is 12.7. The molecule has 0 saturated heterocycles. The highest BCUT2D eigenvalue weighted by molar-refractivity contribution is 7.26. The number of hydrogen-bond acceptors (Lipinski definition) is 8. The van der Waals surface area contributed by atoms with Gasteiger partial charge < -0.3 is 14.4 Å². The van der Waals surface area contributed by atoms with Crippen LogP contribution in [0.15, 0.2) is 322 Å². The number of hydrogen-bond donors (Lipinski definition) is 0. The van der Waals surface area contributed by atoms with Crippen LogP contribution in [0.4, 0.5) is 34.1 Å². The average Bonchev–Trinajstić information content (AvgIpc) is 1.08. The molecule has 0 bridgehead atoms. The van der Waals surface area contributed by atoms with Gasteiger partial charge >= 0.3 is 0 Å². The summed E-state index contributed by atoms with van der Waals surface area (Å²) in [7, 11) is 0. The van der Waals surface area contributed by atoms with Gasteiger partial charge in [0.2, 0.25) is 0 Å². The minimum Gasteiger partial charge on any atom is -0.311 e. The molecule has 0 atom stereocenters. The van der Waals surface area contributed by atoms with E-state index in [0.717, 1.165) is 95.4 Å². The highest BCUT2D eigenvalue weighted by Gasteiger charge is 2.43. The molecule has 4 aromatic heterocycles. The van der Waals surface area contributed by atoms with Gasteiger partial charge in [0.15, 0.2) is 23.3 Å². The van der Waals surface area contributed by atoms with E-state index in [1.807, 2.05) is 72.0 Å². The number of thiophene rings is 1. The van der Waals surface area contributed by atoms with E-state index in [0.29, 0.717) is 23.3 Å². The van der Waals surface area contributed by atoms with Crippen molar-refractivity contribution in [3.05, 3.63) is 322 Å². The Balaban J connectivity index is 0.819. The second-order valence-electron chi connectivity index (χ2n) is 24.3. The van der Waals surface area contributed by atoms with Crippen molar-refractivity contribution in [2.45, 2.75) is 0 Å². The second-order valence-corrected chi connectivity index (χ2v) is 25.3. The van der Waals surface area contributed by atoms with E-state index in [1.54, 1.807) is 0 Å². The topological polar surface area (TPSA) is 75.9 Å². The van der Waals surface area contributed by atoms with E-state index < -0.39 is 0 Å². The number of benzene rings is 13. The average molecular weight is 1230 g/mol. The molecule has 2 aliphatic heterocycles. The summed E-state index contributed by atoms with van der Waals surface area (Å²) in [5.74, 6) is 2.26. The zero-order valence-electron chi connectivity index (χ0n) is 51.2. The molecular weight excluding hydrogens is 1180 g/mol. The maximum absolute atomic E-state index is 5.72. The van der Waals surface area contributed by atoms with Crippen LogP contribution in [0, 0.1) is 0 Å². The van der Waals surface area contributed by atoms with Crippen molar-refractivity contribution in [1.29, 1.82) is 0 Å². The first-order valence-electron chi connectivity index (χ1n) is 32.1. The molecule has 95 heavy (non-hydrogen) atoms. The molecule has 6 heterocycles. The first-order chi connectivity index (χ1) is 47.1. The van der Waals surface area contributed by atoms with Crippen molar-refractivity contribution in [2.75, 3.05) is 9.80 Å². The van der Waals surface area contributed by atoms with E-state index in [-0.39, 0.29) is 6.71 Å². The summed E-state index contributed by atoms with van der Waals surface area (Å²) in [6.45, 7) is 0.0130. The van der Waals surface area contributed by atoms with Crippen LogP contribution in [-0.4, -0.2) is 36.2 Å². The Morgan fingerprint density at radius 2 is 0.758 bits per heavy atom. The molecule has 442 valence electrons. The molecule has 10 heteroatoms. The summed E-state index contributed by atoms with van der Waals surface area (Å²) in [6.07, 6.45) is 0. The van der Waals surface area contributed by atoms with Gasteiger partial charge in [-0.05, 0) is 119 Å². The highest BCUT2D eigenvalue weighted by atomic mass is 32.1. The summed E-state index contributed by atoms with van der Waals surface area (Å²) in [4.78, 5) is 31.9. The SMILES string of the molecule is c1ccc(-c2cc(-c3ccc(-c4cc5c6c(c4)N(c4ccccc4)c4ccccc4B6c4ccccc4N5c4ccccc4)cc3)nc(-c3cc(-c4nc(-c5ccccc5)nc(-c5ccccc5)n4)ccc3-n3c4ccccc4c4c5sc6ccccc6c5ccc43)n2)cc1. The Bertz CT molecular complexity index is 5690. The van der Waals surface area contributed by atoms with Gasteiger partial charge in [-0.25, -0.2) is 24.9 Å². The summed E-state index contributed by atoms with van der Waals surface area (Å²) >= 11 is 1.85. The van der Waals surface area contributed by atoms with Crippen molar-refractivity contribution in [2.24, 2.45) is 0 Å². The first kappa shape index (κ1) is 54.4. The summed E-state index contributed by atoms with van der Waals surface area (Å²) < 4.78 is 4.92. The molecule has 0 fully saturated rings. The molecule has 0 radical (unpaired) electrons. The fraction of sp³-hybridized carbons (Fsp3) is 0. The van der Waals surface area contributed by atoms with Crippen LogP contribution >= 0.6 is 11.3 Å². The standard InChI is InChI=1S/C85H53BN8S/c1-6-24-55(25-7-1)69-53-70(56-44-42-54(43-45-56)60-51-76-80-77(52-60)93(62-32-14-5-15-33-62)74-40-22-19-37-68(74)86(80)67-36-18-21-39-73(67)92(76)61-30-12-4-13-31-61)88-85(87-69)66-50-59(84-90-82(57-26-8-2-9-27-57)89-83(91-84)58-28-10-3-11-29-58)46-48-72(66)94-71-38-20-16-35-65(71)79-75(94)49-47-64-63-34-17-23-41-78(63)95-81(64)79/h1-53H. The van der Waals surface area contributed by atoms with E-state index in [1.165, 1.54) is 58.7 Å². The number of rotatable bonds is 10. The van der Waals surface area contributed by atoms with E-state index in [9.17, 15) is 0 Å². The Morgan fingerprint density at radius 1 is 0.284 bits per heavy atom. The van der Waals surface area contributed by atoms with Gasteiger partial charge in [0.25, 0.3) is 6.71 Å². The number of anilines is 6. The lowest BCUT2D eigenvalue weighted by atomic mass is 9.33. The quantitative estimate of drug-likeness (QED) is 0.126. The first-order valence-corrected chi connectivity index (χ1v) is 32.9. The van der Waals surface area contributed by atoms with E-state index in [2.05, 4.69) is 275 Å². The molecule has 13 aromatic carbocycles. The minimum absolute atomic E-state index is 0.0130. The molecule has 17 aromatic rings. The molecule has 19 rings (SSSR count). The van der Waals surface area contributed by atoms with Gasteiger partial charge in [-0.2, -0.15) is 0 Å². The molecule has 0 amide bonds. The third kappa shape index (κ3) is 9.02. The third-order valence-electron chi connectivity index (χ3n) is 18.8. The predicted octanol–water partition coefficient (Wildman–Crippen LogP) is 19.9. The molecule has 0 saturated carbocycles. The lowest BCUT2D eigenvalue weighted by molar-refractivity contribution is 1.07. The van der Waals surface area contributed by atoms with Crippen molar-refractivity contribution >= 4 is 111 Å². The molecule has 2 aliphatic rings. The van der Waals surface area contributed by atoms with Gasteiger partial charge in [-0.3, -0.25) is 0 Å². The van der Waals surface area contributed by atoms with Gasteiger partial charge in [-0.15, -0.1) is 11.3 Å². The van der Waals surface area contributed by atoms with E-state index >= 15 is 0 Å². The predicted molar refractivity (Wildman–Crippen MR) is 395 cm³/mol. The van der Waals surface area contributed by atoms with Crippen LogP contribution in [0.3, 0.4) is 0 Å². The smallest absolute Gasteiger partial charge is 0.252 e. The highest BCUT2D eigenvalue weighted by Crippen LogP contribution is 2.48. The maximum Gasteiger partial charge on any atom is 0.252 e. The third-order valence-corrected chi connectivity index (χ3v) is 20.0. The van der Waals surface area contributed by atoms with Gasteiger partial charge in [0.1, 0.15) is 0 Å². The van der Waals surface area contributed by atoms with Crippen molar-refractivity contribution in [1.82, 2.24) is 29.5 Å². The Hall–Kier alpha value is -12.4. The molecule has 0 unspecified atom stereocenters. The summed E-state index contributed by atoms with van der Waals surface area (Å²) in [5, 5.41) is 4.89. The largest absolute Gasteiger partial charge is 0.311 e. The Labute approximate surface area is 552 Å². The van der Waals surface area contributed by atoms with Crippen molar-refractivity contribution in [3.8, 4) is 84.9 Å². The van der Waals surface area contributed by atoms with Crippen LogP contribution < -0.4 is 26.2 Å². The monoisotopic (exact) mass is 1230 g/mol. The van der Waals surface area contributed by atoms with Crippen molar-refractivity contribution < 1.29 is 0 Å². The normalized spacial score (nSPS) is 12.4. The number of nitrogens with zero attached hydrogens (tertiary/aromatic N) is 8. The minimum atomic E-state index is 0.0130. The van der Waals surface area contributed by atoms with Crippen molar-refractivity contribution in [3.63, 3.8) is 0 Å². The summed E-state index contributed by atoms with van der Waals surface area (Å²) in [6, 6.07) is 115. The molecule has 0 aliphatic carbocycles. The lowest BCUT2D eigenvalue weighted by Gasteiger charge is -2.44. The second kappa shape index (κ2) is 22.2. The molecule has 0 N–H and O–H groups in total. The van der Waals surface area contributed by atoms with Gasteiger partial charge in [0, 0.05) is 98.4 Å². The maximum atomic E-state index is 5.72. The molecular formula is C85H53BN8S. The van der Waals surface area contributed by atoms with Crippen LogP contribution in [0.2, 0.25) is 0 Å². The van der Waals surface area contributed by atoms with Crippen LogP contribution in [0.25, 0.3) is 127 Å². The van der Waals surface area contributed by atoms with Gasteiger partial charge in [-0.1, -0.05) is 231 Å². The molecule has 8 nitrogen and oxygen atoms in total. The Morgan fingerprint density at radius 3 is 1.36 bits per heavy atom.